The van der Waals surface area contributed by atoms with Crippen LogP contribution in [0.5, 0.6) is 0 Å². The van der Waals surface area contributed by atoms with Crippen LogP contribution in [0.4, 0.5) is 0 Å². The number of rotatable bonds is 13. The molecule has 7 nitrogen and oxygen atoms in total. The molecule has 2 saturated heterocycles. The van der Waals surface area contributed by atoms with Crippen LogP contribution in [0.2, 0.25) is 0 Å². The van der Waals surface area contributed by atoms with Gasteiger partial charge in [-0.3, -0.25) is 14.4 Å². The minimum Gasteiger partial charge on any atom is -0.372 e. The van der Waals surface area contributed by atoms with Crippen molar-refractivity contribution in [2.45, 2.75) is 19.1 Å². The summed E-state index contributed by atoms with van der Waals surface area (Å²) in [5.74, 6) is 0. The van der Waals surface area contributed by atoms with Gasteiger partial charge in [0.25, 0.3) is 0 Å². The van der Waals surface area contributed by atoms with Crippen molar-refractivity contribution < 1.29 is 23.8 Å². The van der Waals surface area contributed by atoms with E-state index in [1.807, 2.05) is 24.3 Å². The van der Waals surface area contributed by atoms with Crippen molar-refractivity contribution in [3.05, 3.63) is 50.6 Å². The molecule has 8 heteroatoms. The molecule has 0 aromatic heterocycles. The lowest BCUT2D eigenvalue weighted by atomic mass is 10.4. The van der Waals surface area contributed by atoms with E-state index in [9.17, 15) is 4.57 Å². The zero-order valence-electron chi connectivity index (χ0n) is 17.1. The van der Waals surface area contributed by atoms with Crippen LogP contribution < -0.4 is 0 Å². The molecule has 2 rings (SSSR count). The Kier molecular flexibility index (Phi) is 15.2. The Morgan fingerprint density at radius 3 is 1.25 bits per heavy atom. The second-order valence-electron chi connectivity index (χ2n) is 6.48. The largest absolute Gasteiger partial charge is 0.372 e. The summed E-state index contributed by atoms with van der Waals surface area (Å²) in [7, 11) is -3.65. The van der Waals surface area contributed by atoms with Gasteiger partial charge in [-0.15, -0.1) is 26.3 Å². The standard InChI is InChI=1S/2C9H15NO.C2H7O3P/c2*1-3-5-10(6-4-2)7-9-8-11-9;1-2-6(3,4)5/h2*3-4,9H,1-2,5-8H2;2H2,1H3,(H2,3,4,5). The first-order valence-corrected chi connectivity index (χ1v) is 11.2. The fourth-order valence-electron chi connectivity index (χ4n) is 2.10. The van der Waals surface area contributed by atoms with Crippen LogP contribution in [0.3, 0.4) is 0 Å². The smallest absolute Gasteiger partial charge is 0.325 e. The molecular formula is C20H37N2O5P. The van der Waals surface area contributed by atoms with Crippen LogP contribution in [0.1, 0.15) is 6.92 Å². The molecule has 2 unspecified atom stereocenters. The molecule has 162 valence electrons. The Morgan fingerprint density at radius 2 is 1.11 bits per heavy atom. The summed E-state index contributed by atoms with van der Waals surface area (Å²) in [6.45, 7) is 23.8. The lowest BCUT2D eigenvalue weighted by Gasteiger charge is -2.16. The quantitative estimate of drug-likeness (QED) is 0.271. The Hall–Kier alpha value is -1.05. The lowest BCUT2D eigenvalue weighted by Crippen LogP contribution is -2.28. The van der Waals surface area contributed by atoms with Crippen molar-refractivity contribution in [3.8, 4) is 0 Å². The molecule has 2 atom stereocenters. The molecule has 0 amide bonds. The van der Waals surface area contributed by atoms with Crippen LogP contribution in [0, 0.1) is 0 Å². The van der Waals surface area contributed by atoms with Crippen LogP contribution in [0.15, 0.2) is 50.6 Å². The maximum Gasteiger partial charge on any atom is 0.325 e. The van der Waals surface area contributed by atoms with Gasteiger partial charge in [0.05, 0.1) is 25.4 Å². The molecule has 28 heavy (non-hydrogen) atoms. The second kappa shape index (κ2) is 15.8. The Labute approximate surface area is 170 Å². The van der Waals surface area contributed by atoms with Crippen molar-refractivity contribution in [1.82, 2.24) is 9.80 Å². The van der Waals surface area contributed by atoms with Crippen molar-refractivity contribution >= 4 is 7.60 Å². The molecule has 0 spiro atoms. The van der Waals surface area contributed by atoms with Crippen LogP contribution >= 0.6 is 7.60 Å². The Morgan fingerprint density at radius 1 is 0.857 bits per heavy atom. The molecule has 2 N–H and O–H groups in total. The first-order valence-electron chi connectivity index (χ1n) is 9.45. The number of hydrogen-bond donors (Lipinski definition) is 2. The van der Waals surface area contributed by atoms with Gasteiger partial charge in [0.1, 0.15) is 0 Å². The molecule has 0 aromatic carbocycles. The number of epoxide rings is 2. The normalized spacial score (nSPS) is 19.6. The third-order valence-electron chi connectivity index (χ3n) is 3.69. The summed E-state index contributed by atoms with van der Waals surface area (Å²) < 4.78 is 19.9. The second-order valence-corrected chi connectivity index (χ2v) is 8.45. The van der Waals surface area contributed by atoms with E-state index in [4.69, 9.17) is 19.3 Å². The van der Waals surface area contributed by atoms with Gasteiger partial charge in [-0.25, -0.2) is 0 Å². The number of hydrogen-bond acceptors (Lipinski definition) is 5. The van der Waals surface area contributed by atoms with Crippen LogP contribution in [0.25, 0.3) is 0 Å². The first-order chi connectivity index (χ1) is 13.3. The van der Waals surface area contributed by atoms with Crippen molar-refractivity contribution in [1.29, 1.82) is 0 Å². The molecule has 2 fully saturated rings. The highest BCUT2D eigenvalue weighted by atomic mass is 31.2. The van der Waals surface area contributed by atoms with E-state index in [1.165, 1.54) is 6.92 Å². The minimum absolute atomic E-state index is 0.0625. The Bertz CT molecular complexity index is 447. The summed E-state index contributed by atoms with van der Waals surface area (Å²) in [4.78, 5) is 20.4. The summed E-state index contributed by atoms with van der Waals surface area (Å²) in [5, 5.41) is 0. The molecule has 0 saturated carbocycles. The fourth-order valence-corrected chi connectivity index (χ4v) is 2.10. The average Bonchev–Trinajstić information content (AvgIpc) is 3.53. The van der Waals surface area contributed by atoms with E-state index in [0.29, 0.717) is 12.2 Å². The maximum absolute atomic E-state index is 9.69. The van der Waals surface area contributed by atoms with E-state index in [0.717, 1.165) is 52.5 Å². The predicted octanol–water partition coefficient (Wildman–Crippen LogP) is 2.30. The van der Waals surface area contributed by atoms with Gasteiger partial charge in [-0.1, -0.05) is 31.2 Å². The highest BCUT2D eigenvalue weighted by molar-refractivity contribution is 7.51. The van der Waals surface area contributed by atoms with Gasteiger partial charge in [0.2, 0.25) is 0 Å². The maximum atomic E-state index is 9.69. The highest BCUT2D eigenvalue weighted by Crippen LogP contribution is 2.32. The zero-order valence-corrected chi connectivity index (χ0v) is 18.0. The number of ether oxygens (including phenoxy) is 2. The predicted molar refractivity (Wildman–Crippen MR) is 116 cm³/mol. The first kappa shape index (κ1) is 27.0. The molecule has 0 bridgehead atoms. The molecule has 2 heterocycles. The third kappa shape index (κ3) is 18.3. The van der Waals surface area contributed by atoms with E-state index < -0.39 is 7.60 Å². The number of nitrogens with zero attached hydrogens (tertiary/aromatic N) is 2. The monoisotopic (exact) mass is 416 g/mol. The van der Waals surface area contributed by atoms with Gasteiger partial charge in [-0.05, 0) is 0 Å². The van der Waals surface area contributed by atoms with Gasteiger partial charge in [-0.2, -0.15) is 0 Å². The van der Waals surface area contributed by atoms with Crippen LogP contribution in [-0.4, -0.2) is 90.4 Å². The van der Waals surface area contributed by atoms with E-state index in [2.05, 4.69) is 36.1 Å². The zero-order chi connectivity index (χ0) is 21.4. The summed E-state index contributed by atoms with van der Waals surface area (Å²) in [6, 6.07) is 0. The van der Waals surface area contributed by atoms with Gasteiger partial charge in [0, 0.05) is 45.4 Å². The summed E-state index contributed by atoms with van der Waals surface area (Å²) in [6.07, 6.45) is 8.51. The van der Waals surface area contributed by atoms with Gasteiger partial charge < -0.3 is 19.3 Å². The van der Waals surface area contributed by atoms with Gasteiger partial charge >= 0.3 is 7.60 Å². The van der Waals surface area contributed by atoms with Crippen molar-refractivity contribution in [2.75, 3.05) is 58.6 Å². The summed E-state index contributed by atoms with van der Waals surface area (Å²) >= 11 is 0. The summed E-state index contributed by atoms with van der Waals surface area (Å²) in [5.41, 5.74) is 0. The fraction of sp³-hybridized carbons (Fsp3) is 0.600. The van der Waals surface area contributed by atoms with Crippen LogP contribution in [-0.2, 0) is 14.0 Å². The lowest BCUT2D eigenvalue weighted by molar-refractivity contribution is 0.283. The molecule has 0 aliphatic carbocycles. The highest BCUT2D eigenvalue weighted by Gasteiger charge is 2.24. The molecule has 2 aliphatic heterocycles. The van der Waals surface area contributed by atoms with E-state index >= 15 is 0 Å². The molecular weight excluding hydrogens is 379 g/mol. The average molecular weight is 416 g/mol. The topological polar surface area (TPSA) is 89.1 Å². The van der Waals surface area contributed by atoms with E-state index in [1.54, 1.807) is 0 Å². The van der Waals surface area contributed by atoms with Crippen molar-refractivity contribution in [2.24, 2.45) is 0 Å². The third-order valence-corrected chi connectivity index (χ3v) is 4.51. The SMILES string of the molecule is C=CCN(CC=C)CC1CO1.C=CCN(CC=C)CC1CO1.CCP(=O)(O)O. The molecule has 0 radical (unpaired) electrons. The molecule has 2 aliphatic rings. The Balaban J connectivity index is 0.000000411. The minimum atomic E-state index is -3.65. The van der Waals surface area contributed by atoms with E-state index in [-0.39, 0.29) is 6.16 Å². The molecule has 0 aromatic rings. The van der Waals surface area contributed by atoms with Crippen molar-refractivity contribution in [3.63, 3.8) is 0 Å². The van der Waals surface area contributed by atoms with Gasteiger partial charge in [0.15, 0.2) is 0 Å².